The van der Waals surface area contributed by atoms with Crippen LogP contribution in [0.1, 0.15) is 11.1 Å². The Kier molecular flexibility index (Phi) is 8.47. The van der Waals surface area contributed by atoms with Gasteiger partial charge in [-0.3, -0.25) is 0 Å². The molecule has 2 aliphatic carbocycles. The van der Waals surface area contributed by atoms with Crippen LogP contribution in [0, 0.1) is 0 Å². The third-order valence-corrected chi connectivity index (χ3v) is 10.6. The van der Waals surface area contributed by atoms with E-state index in [0.29, 0.717) is 0 Å². The molecule has 0 unspecified atom stereocenters. The van der Waals surface area contributed by atoms with E-state index in [1.807, 2.05) is 36.4 Å². The van der Waals surface area contributed by atoms with Crippen molar-refractivity contribution < 1.29 is 19.7 Å². The van der Waals surface area contributed by atoms with E-state index >= 15 is 0 Å². The zero-order chi connectivity index (χ0) is 35.8. The van der Waals surface area contributed by atoms with E-state index in [4.69, 9.17) is 9.47 Å². The quantitative estimate of drug-likeness (QED) is 0.141. The number of hydrogen-bond donors (Lipinski definition) is 2. The highest BCUT2D eigenvalue weighted by Crippen LogP contribution is 2.51. The summed E-state index contributed by atoms with van der Waals surface area (Å²) < 4.78 is 12.3. The molecule has 4 nitrogen and oxygen atoms in total. The molecular weight excluding hydrogens is 653 g/mol. The van der Waals surface area contributed by atoms with Crippen LogP contribution in [0.15, 0.2) is 169 Å². The Morgan fingerprint density at radius 1 is 0.509 bits per heavy atom. The molecule has 7 aromatic carbocycles. The molecule has 53 heavy (non-hydrogen) atoms. The molecule has 0 bridgehead atoms. The second kappa shape index (κ2) is 13.7. The molecule has 0 amide bonds. The van der Waals surface area contributed by atoms with Gasteiger partial charge in [0.2, 0.25) is 0 Å². The lowest BCUT2D eigenvalue weighted by Gasteiger charge is -2.38. The SMILES string of the molecule is OCCOc1ccc(C2(c3ccc(OCCO)c(-c4ccccc4)c3)C=CC=C3C=c4c(c5ccccc5c5ccccc45)=C32)cc1-c1ccccc1. The third kappa shape index (κ3) is 5.46. The lowest BCUT2D eigenvalue weighted by molar-refractivity contribution is 0.202. The Hall–Kier alpha value is -6.20. The number of fused-ring (bicyclic) bond motifs is 7. The van der Waals surface area contributed by atoms with Crippen molar-refractivity contribution in [3.05, 3.63) is 191 Å². The second-order valence-corrected chi connectivity index (χ2v) is 13.5. The standard InChI is InChI=1S/C49H38O4/c50-26-28-52-45-23-21-36(31-42(45)33-12-3-1-4-13-33)49(37-22-24-46(53-29-27-51)43(32-37)34-14-5-2-6-15-34)25-11-16-35-30-44-40-19-8-7-17-38(40)39-18-9-10-20-41(39)47(44)48(35)49/h1-25,30-32,50-51H,26-29H2. The first-order valence-electron chi connectivity index (χ1n) is 18.1. The van der Waals surface area contributed by atoms with Crippen LogP contribution in [0.25, 0.3) is 55.4 Å². The monoisotopic (exact) mass is 690 g/mol. The van der Waals surface area contributed by atoms with Gasteiger partial charge in [-0.05, 0) is 95.7 Å². The summed E-state index contributed by atoms with van der Waals surface area (Å²) in [4.78, 5) is 0. The minimum absolute atomic E-state index is 0.0741. The number of rotatable bonds is 10. The normalized spacial score (nSPS) is 14.1. The summed E-state index contributed by atoms with van der Waals surface area (Å²) in [6.45, 7) is 0.252. The summed E-state index contributed by atoms with van der Waals surface area (Å²) in [5.41, 5.74) is 7.81. The van der Waals surface area contributed by atoms with Crippen LogP contribution in [-0.4, -0.2) is 36.6 Å². The van der Waals surface area contributed by atoms with Crippen LogP contribution in [0.5, 0.6) is 11.5 Å². The minimum Gasteiger partial charge on any atom is -0.491 e. The van der Waals surface area contributed by atoms with E-state index in [0.717, 1.165) is 44.9 Å². The van der Waals surface area contributed by atoms with Crippen LogP contribution in [0.3, 0.4) is 0 Å². The molecule has 0 radical (unpaired) electrons. The van der Waals surface area contributed by atoms with E-state index < -0.39 is 5.41 Å². The molecule has 7 aromatic rings. The molecule has 2 N–H and O–H groups in total. The van der Waals surface area contributed by atoms with Gasteiger partial charge in [0.25, 0.3) is 0 Å². The molecule has 0 aromatic heterocycles. The molecule has 0 saturated heterocycles. The minimum atomic E-state index is -0.741. The van der Waals surface area contributed by atoms with Crippen molar-refractivity contribution in [3.8, 4) is 33.8 Å². The summed E-state index contributed by atoms with van der Waals surface area (Å²) in [7, 11) is 0. The number of hydrogen-bond acceptors (Lipinski definition) is 4. The van der Waals surface area contributed by atoms with Gasteiger partial charge in [0.1, 0.15) is 24.7 Å². The van der Waals surface area contributed by atoms with Crippen LogP contribution < -0.4 is 19.9 Å². The maximum atomic E-state index is 9.72. The maximum Gasteiger partial charge on any atom is 0.127 e. The summed E-state index contributed by atoms with van der Waals surface area (Å²) in [5.74, 6) is 1.44. The van der Waals surface area contributed by atoms with E-state index in [-0.39, 0.29) is 26.4 Å². The van der Waals surface area contributed by atoms with Gasteiger partial charge in [0.05, 0.1) is 18.6 Å². The van der Waals surface area contributed by atoms with Crippen LogP contribution >= 0.6 is 0 Å². The maximum absolute atomic E-state index is 9.72. The highest BCUT2D eigenvalue weighted by molar-refractivity contribution is 6.12. The zero-order valence-corrected chi connectivity index (χ0v) is 29.2. The van der Waals surface area contributed by atoms with Crippen molar-refractivity contribution >= 4 is 33.2 Å². The predicted octanol–water partition coefficient (Wildman–Crippen LogP) is 8.50. The second-order valence-electron chi connectivity index (χ2n) is 13.5. The summed E-state index contributed by atoms with van der Waals surface area (Å²) in [5, 5.41) is 26.8. The number of aliphatic hydroxyl groups excluding tert-OH is 2. The topological polar surface area (TPSA) is 58.9 Å². The molecule has 0 spiro atoms. The van der Waals surface area contributed by atoms with E-state index in [2.05, 4.69) is 133 Å². The average molecular weight is 691 g/mol. The van der Waals surface area contributed by atoms with E-state index in [1.165, 1.54) is 43.1 Å². The van der Waals surface area contributed by atoms with Crippen molar-refractivity contribution in [2.45, 2.75) is 5.41 Å². The zero-order valence-electron chi connectivity index (χ0n) is 29.2. The number of ether oxygens (including phenoxy) is 2. The molecule has 0 fully saturated rings. The smallest absolute Gasteiger partial charge is 0.127 e. The Morgan fingerprint density at radius 2 is 1.00 bits per heavy atom. The summed E-state index contributed by atoms with van der Waals surface area (Å²) in [6.07, 6.45) is 9.15. The van der Waals surface area contributed by atoms with Gasteiger partial charge in [-0.2, -0.15) is 0 Å². The Morgan fingerprint density at radius 3 is 1.55 bits per heavy atom. The van der Waals surface area contributed by atoms with E-state index in [9.17, 15) is 10.2 Å². The Bertz CT molecular complexity index is 2600. The molecule has 0 atom stereocenters. The lowest BCUT2D eigenvalue weighted by atomic mass is 9.64. The van der Waals surface area contributed by atoms with Crippen molar-refractivity contribution in [2.75, 3.05) is 26.4 Å². The van der Waals surface area contributed by atoms with Crippen molar-refractivity contribution in [1.29, 1.82) is 0 Å². The first kappa shape index (κ1) is 32.7. The number of aliphatic hydroxyl groups is 2. The van der Waals surface area contributed by atoms with Crippen molar-refractivity contribution in [3.63, 3.8) is 0 Å². The van der Waals surface area contributed by atoms with Gasteiger partial charge in [-0.25, -0.2) is 0 Å². The number of allylic oxidation sites excluding steroid dienone is 4. The van der Waals surface area contributed by atoms with Gasteiger partial charge < -0.3 is 19.7 Å². The van der Waals surface area contributed by atoms with Crippen LogP contribution in [0.2, 0.25) is 0 Å². The summed E-state index contributed by atoms with van der Waals surface area (Å²) in [6, 6.07) is 51.1. The van der Waals surface area contributed by atoms with Gasteiger partial charge >= 0.3 is 0 Å². The van der Waals surface area contributed by atoms with Gasteiger partial charge in [0.15, 0.2) is 0 Å². The molecular formula is C49H38O4. The fraction of sp³-hybridized carbons (Fsp3) is 0.102. The third-order valence-electron chi connectivity index (χ3n) is 10.6. The van der Waals surface area contributed by atoms with Gasteiger partial charge in [0, 0.05) is 11.1 Å². The van der Waals surface area contributed by atoms with Gasteiger partial charge in [-0.1, -0.05) is 140 Å². The van der Waals surface area contributed by atoms with Crippen molar-refractivity contribution in [2.24, 2.45) is 0 Å². The molecule has 0 saturated carbocycles. The summed E-state index contributed by atoms with van der Waals surface area (Å²) >= 11 is 0. The largest absolute Gasteiger partial charge is 0.491 e. The Balaban J connectivity index is 1.43. The number of benzene rings is 7. The van der Waals surface area contributed by atoms with Crippen LogP contribution in [-0.2, 0) is 5.41 Å². The highest BCUT2D eigenvalue weighted by atomic mass is 16.5. The first-order chi connectivity index (χ1) is 26.2. The Labute approximate surface area is 308 Å². The molecule has 258 valence electrons. The molecule has 0 aliphatic heterocycles. The predicted molar refractivity (Wildman–Crippen MR) is 215 cm³/mol. The van der Waals surface area contributed by atoms with Gasteiger partial charge in [-0.15, -0.1) is 0 Å². The molecule has 4 heteroatoms. The fourth-order valence-electron chi connectivity index (χ4n) is 8.34. The van der Waals surface area contributed by atoms with E-state index in [1.54, 1.807) is 0 Å². The molecule has 2 aliphatic rings. The fourth-order valence-corrected chi connectivity index (χ4v) is 8.34. The lowest BCUT2D eigenvalue weighted by Crippen LogP contribution is -2.36. The molecule has 9 rings (SSSR count). The van der Waals surface area contributed by atoms with Crippen molar-refractivity contribution in [1.82, 2.24) is 0 Å². The highest BCUT2D eigenvalue weighted by Gasteiger charge is 2.42. The first-order valence-corrected chi connectivity index (χ1v) is 18.1. The van der Waals surface area contributed by atoms with Crippen LogP contribution in [0.4, 0.5) is 0 Å². The molecule has 0 heterocycles. The average Bonchev–Trinajstić information content (AvgIpc) is 3.64.